The number of esters is 1. The molecule has 21 heavy (non-hydrogen) atoms. The molecule has 2 rings (SSSR count). The molecule has 0 aliphatic rings. The van der Waals surface area contributed by atoms with E-state index in [1.165, 1.54) is 5.56 Å². The highest BCUT2D eigenvalue weighted by Gasteiger charge is 2.19. The predicted octanol–water partition coefficient (Wildman–Crippen LogP) is 3.57. The Morgan fingerprint density at radius 3 is 2.57 bits per heavy atom. The van der Waals surface area contributed by atoms with Gasteiger partial charge in [0.2, 0.25) is 0 Å². The molecule has 0 saturated carbocycles. The molecular formula is C16H19ClN2O2. The number of ether oxygens (including phenoxy) is 1. The van der Waals surface area contributed by atoms with Crippen LogP contribution in [0.2, 0.25) is 5.02 Å². The molecule has 0 amide bonds. The van der Waals surface area contributed by atoms with Crippen molar-refractivity contribution < 1.29 is 9.53 Å². The summed E-state index contributed by atoms with van der Waals surface area (Å²) in [5, 5.41) is 0.723. The van der Waals surface area contributed by atoms with Crippen LogP contribution >= 0.6 is 11.6 Å². The molecule has 2 aromatic rings. The summed E-state index contributed by atoms with van der Waals surface area (Å²) in [6.45, 7) is 6.58. The fourth-order valence-corrected chi connectivity index (χ4v) is 2.46. The Bertz CT molecular complexity index is 632. The summed E-state index contributed by atoms with van der Waals surface area (Å²) >= 11 is 5.88. The molecule has 0 bridgehead atoms. The van der Waals surface area contributed by atoms with Crippen molar-refractivity contribution in [3.05, 3.63) is 52.1 Å². The molecule has 0 atom stereocenters. The monoisotopic (exact) mass is 306 g/mol. The fraction of sp³-hybridized carbons (Fsp3) is 0.375. The van der Waals surface area contributed by atoms with Crippen molar-refractivity contribution in [2.24, 2.45) is 0 Å². The number of carbonyl (C=O) groups excluding carboxylic acids is 1. The van der Waals surface area contributed by atoms with Crippen LogP contribution in [0.4, 0.5) is 0 Å². The molecule has 0 aliphatic heterocycles. The van der Waals surface area contributed by atoms with E-state index >= 15 is 0 Å². The highest BCUT2D eigenvalue weighted by Crippen LogP contribution is 2.15. The van der Waals surface area contributed by atoms with E-state index in [1.54, 1.807) is 6.92 Å². The molecule has 1 heterocycles. The van der Waals surface area contributed by atoms with Crippen LogP contribution in [0.15, 0.2) is 24.3 Å². The largest absolute Gasteiger partial charge is 0.461 e. The number of hydrogen-bond donors (Lipinski definition) is 0. The van der Waals surface area contributed by atoms with E-state index in [-0.39, 0.29) is 5.97 Å². The summed E-state index contributed by atoms with van der Waals surface area (Å²) in [6, 6.07) is 7.72. The van der Waals surface area contributed by atoms with E-state index in [4.69, 9.17) is 16.3 Å². The quantitative estimate of drug-likeness (QED) is 0.793. The van der Waals surface area contributed by atoms with Gasteiger partial charge in [0.15, 0.2) is 0 Å². The first-order valence-corrected chi connectivity index (χ1v) is 7.36. The van der Waals surface area contributed by atoms with E-state index in [1.807, 2.05) is 42.7 Å². The third-order valence-electron chi connectivity index (χ3n) is 3.34. The summed E-state index contributed by atoms with van der Waals surface area (Å²) in [5.41, 5.74) is 2.42. The number of hydrogen-bond acceptors (Lipinski definition) is 3. The van der Waals surface area contributed by atoms with Crippen molar-refractivity contribution in [2.45, 2.75) is 33.7 Å². The van der Waals surface area contributed by atoms with Crippen molar-refractivity contribution in [2.75, 3.05) is 6.61 Å². The van der Waals surface area contributed by atoms with E-state index in [2.05, 4.69) is 4.98 Å². The third-order valence-corrected chi connectivity index (χ3v) is 3.59. The van der Waals surface area contributed by atoms with Crippen LogP contribution in [-0.2, 0) is 17.7 Å². The van der Waals surface area contributed by atoms with Gasteiger partial charge in [0.1, 0.15) is 11.5 Å². The van der Waals surface area contributed by atoms with E-state index in [9.17, 15) is 4.79 Å². The lowest BCUT2D eigenvalue weighted by Gasteiger charge is -2.10. The standard InChI is InChI=1S/C16H19ClN2O2/c1-4-21-16(20)15-11(2)18-12(3)19(15)10-9-13-5-7-14(17)8-6-13/h5-8H,4,9-10H2,1-3H3. The molecule has 4 nitrogen and oxygen atoms in total. The van der Waals surface area contributed by atoms with Crippen LogP contribution in [0.3, 0.4) is 0 Å². The van der Waals surface area contributed by atoms with Gasteiger partial charge in [-0.2, -0.15) is 0 Å². The topological polar surface area (TPSA) is 44.1 Å². The summed E-state index contributed by atoms with van der Waals surface area (Å²) < 4.78 is 7.03. The number of carbonyl (C=O) groups is 1. The molecule has 5 heteroatoms. The lowest BCUT2D eigenvalue weighted by molar-refractivity contribution is 0.0512. The second kappa shape index (κ2) is 6.76. The number of rotatable bonds is 5. The average Bonchev–Trinajstić information content (AvgIpc) is 2.72. The number of nitrogens with zero attached hydrogens (tertiary/aromatic N) is 2. The number of aryl methyl sites for hydroxylation is 3. The van der Waals surface area contributed by atoms with Crippen LogP contribution in [0.5, 0.6) is 0 Å². The maximum absolute atomic E-state index is 12.1. The lowest BCUT2D eigenvalue weighted by Crippen LogP contribution is -2.15. The first kappa shape index (κ1) is 15.6. The average molecular weight is 307 g/mol. The number of imidazole rings is 1. The zero-order valence-electron chi connectivity index (χ0n) is 12.5. The van der Waals surface area contributed by atoms with Crippen molar-refractivity contribution in [1.29, 1.82) is 0 Å². The van der Waals surface area contributed by atoms with Gasteiger partial charge >= 0.3 is 5.97 Å². The minimum Gasteiger partial charge on any atom is -0.461 e. The van der Waals surface area contributed by atoms with Crippen LogP contribution in [0.1, 0.15) is 34.5 Å². The first-order valence-electron chi connectivity index (χ1n) is 6.98. The zero-order valence-corrected chi connectivity index (χ0v) is 13.3. The summed E-state index contributed by atoms with van der Waals surface area (Å²) in [6.07, 6.45) is 0.806. The normalized spacial score (nSPS) is 10.7. The van der Waals surface area contributed by atoms with Crippen molar-refractivity contribution in [1.82, 2.24) is 9.55 Å². The van der Waals surface area contributed by atoms with Crippen molar-refractivity contribution >= 4 is 17.6 Å². The Labute approximate surface area is 129 Å². The zero-order chi connectivity index (χ0) is 15.4. The van der Waals surface area contributed by atoms with E-state index in [0.717, 1.165) is 17.3 Å². The molecular weight excluding hydrogens is 288 g/mol. The Morgan fingerprint density at radius 2 is 1.95 bits per heavy atom. The molecule has 1 aromatic heterocycles. The minimum absolute atomic E-state index is 0.313. The van der Waals surface area contributed by atoms with Crippen molar-refractivity contribution in [3.63, 3.8) is 0 Å². The second-order valence-corrected chi connectivity index (χ2v) is 5.28. The molecule has 0 N–H and O–H groups in total. The molecule has 112 valence electrons. The van der Waals surface area contributed by atoms with Gasteiger partial charge < -0.3 is 9.30 Å². The van der Waals surface area contributed by atoms with E-state index < -0.39 is 0 Å². The molecule has 0 fully saturated rings. The highest BCUT2D eigenvalue weighted by atomic mass is 35.5. The van der Waals surface area contributed by atoms with Gasteiger partial charge in [-0.05, 0) is 44.9 Å². The number of benzene rings is 1. The maximum atomic E-state index is 12.1. The van der Waals surface area contributed by atoms with Crippen LogP contribution in [0.25, 0.3) is 0 Å². The molecule has 0 unspecified atom stereocenters. The molecule has 0 aliphatic carbocycles. The van der Waals surface area contributed by atoms with Crippen LogP contribution in [0, 0.1) is 13.8 Å². The summed E-state index contributed by atoms with van der Waals surface area (Å²) in [7, 11) is 0. The van der Waals surface area contributed by atoms with Crippen molar-refractivity contribution in [3.8, 4) is 0 Å². The van der Waals surface area contributed by atoms with Gasteiger partial charge in [-0.25, -0.2) is 9.78 Å². The van der Waals surface area contributed by atoms with Gasteiger partial charge in [0.25, 0.3) is 0 Å². The SMILES string of the molecule is CCOC(=O)c1c(C)nc(C)n1CCc1ccc(Cl)cc1. The second-order valence-electron chi connectivity index (χ2n) is 4.84. The van der Waals surface area contributed by atoms with Gasteiger partial charge in [0.05, 0.1) is 12.3 Å². The molecule has 0 radical (unpaired) electrons. The number of halogens is 1. The third kappa shape index (κ3) is 3.64. The lowest BCUT2D eigenvalue weighted by atomic mass is 10.1. The number of aromatic nitrogens is 2. The minimum atomic E-state index is -0.313. The summed E-state index contributed by atoms with van der Waals surface area (Å²) in [5.74, 6) is 0.510. The van der Waals surface area contributed by atoms with Gasteiger partial charge in [-0.15, -0.1) is 0 Å². The Kier molecular flexibility index (Phi) is 5.02. The van der Waals surface area contributed by atoms with Crippen LogP contribution < -0.4 is 0 Å². The summed E-state index contributed by atoms with van der Waals surface area (Å²) in [4.78, 5) is 16.4. The maximum Gasteiger partial charge on any atom is 0.356 e. The Balaban J connectivity index is 2.19. The highest BCUT2D eigenvalue weighted by molar-refractivity contribution is 6.30. The fourth-order valence-electron chi connectivity index (χ4n) is 2.34. The first-order chi connectivity index (χ1) is 10.0. The predicted molar refractivity (Wildman–Crippen MR) is 82.8 cm³/mol. The smallest absolute Gasteiger partial charge is 0.356 e. The Morgan fingerprint density at radius 1 is 1.29 bits per heavy atom. The van der Waals surface area contributed by atoms with Crippen LogP contribution in [-0.4, -0.2) is 22.1 Å². The molecule has 0 spiro atoms. The van der Waals surface area contributed by atoms with E-state index in [0.29, 0.717) is 24.5 Å². The van der Waals surface area contributed by atoms with Gasteiger partial charge in [-0.1, -0.05) is 23.7 Å². The Hall–Kier alpha value is -1.81. The molecule has 1 aromatic carbocycles. The van der Waals surface area contributed by atoms with Gasteiger partial charge in [0, 0.05) is 11.6 Å². The molecule has 0 saturated heterocycles. The van der Waals surface area contributed by atoms with Gasteiger partial charge in [-0.3, -0.25) is 0 Å².